The average molecular weight is 441 g/mol. The number of rotatable bonds is 6. The van der Waals surface area contributed by atoms with E-state index >= 15 is 0 Å². The number of amides is 1. The van der Waals surface area contributed by atoms with Crippen LogP contribution in [-0.4, -0.2) is 32.0 Å². The smallest absolute Gasteiger partial charge is 0.268 e. The number of nitrogens with one attached hydrogen (secondary N) is 1. The lowest BCUT2D eigenvalue weighted by atomic mass is 10.2. The summed E-state index contributed by atoms with van der Waals surface area (Å²) in [6.45, 7) is 0.432. The summed E-state index contributed by atoms with van der Waals surface area (Å²) in [5.74, 6) is 0.133. The molecule has 0 saturated carbocycles. The number of sulfonamides is 1. The molecule has 3 aromatic rings. The molecule has 1 aliphatic heterocycles. The molecule has 8 nitrogen and oxygen atoms in total. The van der Waals surface area contributed by atoms with E-state index in [4.69, 9.17) is 4.74 Å². The van der Waals surface area contributed by atoms with Crippen molar-refractivity contribution in [1.29, 1.82) is 5.26 Å². The monoisotopic (exact) mass is 440 g/mol. The fourth-order valence-corrected chi connectivity index (χ4v) is 4.88. The maximum absolute atomic E-state index is 12.8. The number of nitrogens with zero attached hydrogens (tertiary/aromatic N) is 3. The molecule has 1 N–H and O–H groups in total. The SMILES string of the molecule is N#Cc1ccccc1OC1CCN(c2ccc(S(=O)(=O)Nc3nccs3)cc2)C1=O. The lowest BCUT2D eigenvalue weighted by molar-refractivity contribution is -0.122. The van der Waals surface area contributed by atoms with Gasteiger partial charge < -0.3 is 9.64 Å². The van der Waals surface area contributed by atoms with E-state index in [9.17, 15) is 18.5 Å². The molecular formula is C20H16N4O4S2. The largest absolute Gasteiger partial charge is 0.479 e. The molecule has 2 aromatic carbocycles. The van der Waals surface area contributed by atoms with Gasteiger partial charge in [0.1, 0.15) is 11.8 Å². The third-order valence-electron chi connectivity index (χ3n) is 4.55. The molecular weight excluding hydrogens is 424 g/mol. The van der Waals surface area contributed by atoms with Gasteiger partial charge in [0, 0.05) is 30.2 Å². The van der Waals surface area contributed by atoms with E-state index in [2.05, 4.69) is 9.71 Å². The molecule has 0 spiro atoms. The third-order valence-corrected chi connectivity index (χ3v) is 6.72. The zero-order valence-electron chi connectivity index (χ0n) is 15.6. The maximum atomic E-state index is 12.8. The summed E-state index contributed by atoms with van der Waals surface area (Å²) in [5, 5.41) is 11.1. The van der Waals surface area contributed by atoms with Crippen LogP contribution in [0.25, 0.3) is 0 Å². The van der Waals surface area contributed by atoms with E-state index in [1.165, 1.54) is 29.7 Å². The predicted octanol–water partition coefficient (Wildman–Crippen LogP) is 3.00. The number of thiazole rings is 1. The summed E-state index contributed by atoms with van der Waals surface area (Å²) < 4.78 is 33.1. The van der Waals surface area contributed by atoms with Gasteiger partial charge in [-0.3, -0.25) is 9.52 Å². The van der Waals surface area contributed by atoms with Crippen molar-refractivity contribution < 1.29 is 17.9 Å². The van der Waals surface area contributed by atoms with E-state index in [0.717, 1.165) is 0 Å². The minimum absolute atomic E-state index is 0.0730. The number of hydrogen-bond donors (Lipinski definition) is 1. The van der Waals surface area contributed by atoms with Gasteiger partial charge in [-0.2, -0.15) is 5.26 Å². The summed E-state index contributed by atoms with van der Waals surface area (Å²) in [7, 11) is -3.76. The Balaban J connectivity index is 1.47. The first kappa shape index (κ1) is 19.9. The molecule has 30 heavy (non-hydrogen) atoms. The molecule has 0 radical (unpaired) electrons. The van der Waals surface area contributed by atoms with Crippen LogP contribution in [0, 0.1) is 11.3 Å². The number of hydrogen-bond acceptors (Lipinski definition) is 7. The van der Waals surface area contributed by atoms with Crippen LogP contribution in [0.15, 0.2) is 65.0 Å². The Bertz CT molecular complexity index is 1200. The van der Waals surface area contributed by atoms with Gasteiger partial charge in [-0.05, 0) is 36.4 Å². The molecule has 1 aromatic heterocycles. The highest BCUT2D eigenvalue weighted by atomic mass is 32.2. The average Bonchev–Trinajstić information content (AvgIpc) is 3.38. The molecule has 1 saturated heterocycles. The maximum Gasteiger partial charge on any atom is 0.268 e. The van der Waals surface area contributed by atoms with Gasteiger partial charge >= 0.3 is 0 Å². The summed E-state index contributed by atoms with van der Waals surface area (Å²) in [4.78, 5) is 18.3. The molecule has 2 heterocycles. The lowest BCUT2D eigenvalue weighted by Crippen LogP contribution is -2.32. The van der Waals surface area contributed by atoms with E-state index < -0.39 is 16.1 Å². The summed E-state index contributed by atoms with van der Waals surface area (Å²) in [6, 6.07) is 14.9. The first-order chi connectivity index (χ1) is 14.5. The second-order valence-electron chi connectivity index (χ2n) is 6.43. The Morgan fingerprint density at radius 1 is 1.20 bits per heavy atom. The first-order valence-electron chi connectivity index (χ1n) is 8.97. The Morgan fingerprint density at radius 3 is 2.67 bits per heavy atom. The van der Waals surface area contributed by atoms with Gasteiger partial charge in [0.25, 0.3) is 15.9 Å². The molecule has 0 bridgehead atoms. The van der Waals surface area contributed by atoms with Crippen LogP contribution >= 0.6 is 11.3 Å². The van der Waals surface area contributed by atoms with Crippen LogP contribution < -0.4 is 14.4 Å². The van der Waals surface area contributed by atoms with Crippen LogP contribution in [0.3, 0.4) is 0 Å². The van der Waals surface area contributed by atoms with Crippen molar-refractivity contribution in [2.45, 2.75) is 17.4 Å². The van der Waals surface area contributed by atoms with Gasteiger partial charge in [-0.1, -0.05) is 12.1 Å². The number of carbonyl (C=O) groups is 1. The van der Waals surface area contributed by atoms with Gasteiger partial charge in [0.15, 0.2) is 11.2 Å². The van der Waals surface area contributed by atoms with Crippen LogP contribution in [0.2, 0.25) is 0 Å². The van der Waals surface area contributed by atoms with Crippen molar-refractivity contribution in [2.24, 2.45) is 0 Å². The van der Waals surface area contributed by atoms with Crippen molar-refractivity contribution in [1.82, 2.24) is 4.98 Å². The fourth-order valence-electron chi connectivity index (χ4n) is 3.09. The number of nitriles is 1. The number of anilines is 2. The zero-order chi connectivity index (χ0) is 21.1. The lowest BCUT2D eigenvalue weighted by Gasteiger charge is -2.18. The molecule has 10 heteroatoms. The van der Waals surface area contributed by atoms with E-state index in [0.29, 0.717) is 30.0 Å². The van der Waals surface area contributed by atoms with Crippen molar-refractivity contribution in [3.05, 3.63) is 65.7 Å². The minimum Gasteiger partial charge on any atom is -0.479 e. The predicted molar refractivity (Wildman–Crippen MR) is 112 cm³/mol. The van der Waals surface area contributed by atoms with Crippen molar-refractivity contribution >= 4 is 38.1 Å². The Kier molecular flexibility index (Phi) is 5.39. The highest BCUT2D eigenvalue weighted by Crippen LogP contribution is 2.28. The molecule has 1 fully saturated rings. The number of para-hydroxylation sites is 1. The molecule has 0 aliphatic carbocycles. The third kappa shape index (κ3) is 3.98. The minimum atomic E-state index is -3.76. The Labute approximate surface area is 177 Å². The van der Waals surface area contributed by atoms with Crippen molar-refractivity contribution in [3.63, 3.8) is 0 Å². The summed E-state index contributed by atoms with van der Waals surface area (Å²) >= 11 is 1.18. The second-order valence-corrected chi connectivity index (χ2v) is 9.01. The number of aromatic nitrogens is 1. The van der Waals surface area contributed by atoms with Gasteiger partial charge in [0.05, 0.1) is 10.5 Å². The highest BCUT2D eigenvalue weighted by molar-refractivity contribution is 7.93. The van der Waals surface area contributed by atoms with Crippen molar-refractivity contribution in [3.8, 4) is 11.8 Å². The fraction of sp³-hybridized carbons (Fsp3) is 0.150. The topological polar surface area (TPSA) is 112 Å². The first-order valence-corrected chi connectivity index (χ1v) is 11.3. The van der Waals surface area contributed by atoms with Gasteiger partial charge in [0.2, 0.25) is 0 Å². The molecule has 1 amide bonds. The zero-order valence-corrected chi connectivity index (χ0v) is 17.2. The Hall–Kier alpha value is -3.42. The summed E-state index contributed by atoms with van der Waals surface area (Å²) in [5.41, 5.74) is 0.943. The van der Waals surface area contributed by atoms with Crippen LogP contribution in [0.5, 0.6) is 5.75 Å². The van der Waals surface area contributed by atoms with Crippen LogP contribution in [0.4, 0.5) is 10.8 Å². The van der Waals surface area contributed by atoms with Gasteiger partial charge in [-0.15, -0.1) is 11.3 Å². The Morgan fingerprint density at radius 2 is 1.97 bits per heavy atom. The highest BCUT2D eigenvalue weighted by Gasteiger charge is 2.34. The molecule has 1 aliphatic rings. The van der Waals surface area contributed by atoms with E-state index in [-0.39, 0.29) is 15.9 Å². The van der Waals surface area contributed by atoms with Crippen LogP contribution in [-0.2, 0) is 14.8 Å². The second kappa shape index (κ2) is 8.14. The molecule has 4 rings (SSSR count). The molecule has 1 atom stereocenters. The summed E-state index contributed by atoms with van der Waals surface area (Å²) in [6.07, 6.45) is 1.28. The number of ether oxygens (including phenoxy) is 1. The molecule has 152 valence electrons. The van der Waals surface area contributed by atoms with E-state index in [1.54, 1.807) is 46.7 Å². The standard InChI is InChI=1S/C20H16N4O4S2/c21-13-14-3-1-2-4-17(14)28-18-9-11-24(19(18)25)15-5-7-16(8-6-15)30(26,27)23-20-22-10-12-29-20/h1-8,10,12,18H,9,11H2,(H,22,23). The quantitative estimate of drug-likeness (QED) is 0.631. The molecule has 1 unspecified atom stereocenters. The number of carbonyl (C=O) groups excluding carboxylic acids is 1. The normalized spacial score (nSPS) is 16.3. The van der Waals surface area contributed by atoms with Crippen molar-refractivity contribution in [2.75, 3.05) is 16.2 Å². The van der Waals surface area contributed by atoms with Crippen LogP contribution in [0.1, 0.15) is 12.0 Å². The number of benzene rings is 2. The van der Waals surface area contributed by atoms with E-state index in [1.807, 2.05) is 6.07 Å². The van der Waals surface area contributed by atoms with Gasteiger partial charge in [-0.25, -0.2) is 13.4 Å².